The summed E-state index contributed by atoms with van der Waals surface area (Å²) in [6.45, 7) is -3.21. The third-order valence-electron chi connectivity index (χ3n) is 10.4. The predicted octanol–water partition coefficient (Wildman–Crippen LogP) is 14.0. The van der Waals surface area contributed by atoms with Gasteiger partial charge in [0.2, 0.25) is 0 Å². The molecule has 10 aromatic rings. The molecule has 5 nitrogen and oxygen atoms in total. The van der Waals surface area contributed by atoms with Crippen molar-refractivity contribution in [1.82, 2.24) is 15.0 Å². The van der Waals surface area contributed by atoms with E-state index in [0.29, 0.717) is 33.3 Å². The summed E-state index contributed by atoms with van der Waals surface area (Å²) in [5, 5.41) is 11.3. The minimum atomic E-state index is -3.49. The van der Waals surface area contributed by atoms with Crippen LogP contribution >= 0.6 is 0 Å². The molecular weight excluding hydrogens is 781 g/mol. The number of aryl methyl sites for hydroxylation is 7. The normalized spacial score (nSPS) is 17.4. The molecule has 4 heterocycles. The summed E-state index contributed by atoms with van der Waals surface area (Å²) in [6, 6.07) is 33.5. The van der Waals surface area contributed by atoms with Crippen molar-refractivity contribution in [2.45, 2.75) is 45.1 Å². The van der Waals surface area contributed by atoms with Crippen LogP contribution in [-0.4, -0.2) is 15.0 Å². The van der Waals surface area contributed by atoms with Gasteiger partial charge in [-0.1, -0.05) is 139 Å². The smallest absolute Gasteiger partial charge is 0.153 e. The molecule has 6 aromatic carbocycles. The molecule has 0 radical (unpaired) electrons. The van der Waals surface area contributed by atoms with Crippen LogP contribution in [0, 0.1) is 18.2 Å². The van der Waals surface area contributed by atoms with E-state index in [9.17, 15) is 21.7 Å². The van der Waals surface area contributed by atoms with Crippen LogP contribution in [0.5, 0.6) is 0 Å². The Balaban J connectivity index is 1.10. The summed E-state index contributed by atoms with van der Waals surface area (Å²) in [5.74, 6) is 0. The number of pyridine rings is 3. The number of rotatable bonds is 13. The molecule has 64 heavy (non-hydrogen) atoms. The lowest BCUT2D eigenvalue weighted by Gasteiger charge is -2.13. The average Bonchev–Trinajstić information content (AvgIpc) is 1.01. The quantitative estimate of drug-likeness (QED) is 0.116. The van der Waals surface area contributed by atoms with Gasteiger partial charge < -0.3 is 4.42 Å². The van der Waals surface area contributed by atoms with Crippen LogP contribution in [-0.2, 0) is 38.2 Å². The molecule has 0 aliphatic rings. The van der Waals surface area contributed by atoms with Crippen LogP contribution < -0.4 is 0 Å². The van der Waals surface area contributed by atoms with Gasteiger partial charge in [-0.05, 0) is 120 Å². The number of nitrogens with zero attached hydrogens (tertiary/aromatic N) is 4. The fourth-order valence-electron chi connectivity index (χ4n) is 7.24. The highest BCUT2D eigenvalue weighted by molar-refractivity contribution is 6.11. The Bertz CT molecular complexity index is 4100. The van der Waals surface area contributed by atoms with Crippen molar-refractivity contribution in [2.75, 3.05) is 0 Å². The van der Waals surface area contributed by atoms with Crippen molar-refractivity contribution in [1.29, 1.82) is 5.26 Å². The van der Waals surface area contributed by atoms with Crippen LogP contribution in [0.2, 0.25) is 0 Å². The highest BCUT2D eigenvalue weighted by Gasteiger charge is 2.19. The number of para-hydroxylation sites is 1. The van der Waals surface area contributed by atoms with Gasteiger partial charge in [0.15, 0.2) is 5.58 Å². The fourth-order valence-corrected chi connectivity index (χ4v) is 7.24. The SMILES string of the molecule is [2H]c1c([2H])c([2H])c(-c2ccc3c(oc4c(-c5cc(C([2H])([2H])[2H])c(C([2H])([2H])C([2H])([2H])c6cc(C([2H])([2H])C([2H])([2H])c7ccc(-c8ccccc8)nc7)cc(C([2H])([2H])C([2H])([2H])c7ccc(-c8ccccc8)nc7)c6)cn5)cccc43)c2C#N)c([2H])c1[2H]. The first kappa shape index (κ1) is 23.5. The Kier molecular flexibility index (Phi) is 6.68. The molecule has 0 aliphatic carbocycles. The lowest BCUT2D eigenvalue weighted by Crippen LogP contribution is -2.01. The second-order valence-electron chi connectivity index (χ2n) is 14.5. The molecule has 0 bridgehead atoms. The van der Waals surface area contributed by atoms with Gasteiger partial charge in [0.05, 0.1) is 23.9 Å². The number of hydrogen-bond acceptors (Lipinski definition) is 5. The highest BCUT2D eigenvalue weighted by Crippen LogP contribution is 2.39. The highest BCUT2D eigenvalue weighted by atomic mass is 16.3. The van der Waals surface area contributed by atoms with Gasteiger partial charge in [0.1, 0.15) is 17.2 Å². The number of fused-ring (bicyclic) bond motifs is 3. The first-order valence-corrected chi connectivity index (χ1v) is 20.1. The Morgan fingerprint density at radius 2 is 1.09 bits per heavy atom. The summed E-state index contributed by atoms with van der Waals surface area (Å²) in [5.41, 5.74) is -2.62. The molecule has 0 N–H and O–H groups in total. The minimum absolute atomic E-state index is 0.0223. The van der Waals surface area contributed by atoms with Crippen molar-refractivity contribution < 1.29 is 31.8 Å². The molecule has 5 heteroatoms. The van der Waals surface area contributed by atoms with Crippen LogP contribution in [0.1, 0.15) is 71.9 Å². The lowest BCUT2D eigenvalue weighted by molar-refractivity contribution is 0.668. The molecule has 0 saturated carbocycles. The Morgan fingerprint density at radius 3 is 1.67 bits per heavy atom. The molecule has 0 aliphatic heterocycles. The minimum Gasteiger partial charge on any atom is -0.454 e. The van der Waals surface area contributed by atoms with Crippen molar-refractivity contribution in [3.05, 3.63) is 233 Å². The lowest BCUT2D eigenvalue weighted by atomic mass is 9.94. The average molecular weight is 847 g/mol. The summed E-state index contributed by atoms with van der Waals surface area (Å²) in [4.78, 5) is 13.2. The van der Waals surface area contributed by atoms with Gasteiger partial charge in [-0.15, -0.1) is 0 Å². The van der Waals surface area contributed by atoms with Gasteiger partial charge in [0.25, 0.3) is 0 Å². The van der Waals surface area contributed by atoms with E-state index < -0.39 is 103 Å². The topological polar surface area (TPSA) is 75.6 Å². The zero-order valence-corrected chi connectivity index (χ0v) is 33.7. The van der Waals surface area contributed by atoms with E-state index in [2.05, 4.69) is 15.0 Å². The molecule has 0 amide bonds. The zero-order chi connectivity index (χ0) is 60.9. The van der Waals surface area contributed by atoms with E-state index in [1.54, 1.807) is 72.8 Å². The maximum atomic E-state index is 10.5. The summed E-state index contributed by atoms with van der Waals surface area (Å²) < 4.78 is 188. The maximum Gasteiger partial charge on any atom is 0.153 e. The monoisotopic (exact) mass is 846 g/mol. The van der Waals surface area contributed by atoms with Crippen LogP contribution in [0.4, 0.5) is 0 Å². The molecule has 4 aromatic heterocycles. The number of aromatic nitrogens is 3. The maximum absolute atomic E-state index is 10.5. The number of furan rings is 1. The van der Waals surface area contributed by atoms with Gasteiger partial charge in [-0.3, -0.25) is 15.0 Å². The van der Waals surface area contributed by atoms with E-state index in [0.717, 1.165) is 42.9 Å². The van der Waals surface area contributed by atoms with Crippen molar-refractivity contribution in [3.63, 3.8) is 0 Å². The standard InChI is InChI=1S/C59H46N4O/c1-40-32-57(53-19-11-18-51-52-29-28-50(46-12-5-2-6-13-46)54(36-60)59(52)64-58(51)53)63-39-49(40)27-24-45-34-43(22-20-41-25-30-55(61-37-41)47-14-7-3-8-15-47)33-44(35-45)23-21-42-26-31-56(62-38-42)48-16-9-4-10-17-48/h2-19,25-26,28-35,37-39H,20-24,27H2,1H3/i1D3,2D,5D,6D,12D,13D,20D2,21D2,22D2,23D2,24D2,27D2. The van der Waals surface area contributed by atoms with Gasteiger partial charge in [-0.25, -0.2) is 0 Å². The third kappa shape index (κ3) is 8.60. The largest absolute Gasteiger partial charge is 0.454 e. The molecule has 0 unspecified atom stereocenters. The van der Waals surface area contributed by atoms with Gasteiger partial charge >= 0.3 is 0 Å². The van der Waals surface area contributed by atoms with E-state index in [-0.39, 0.29) is 50.2 Å². The van der Waals surface area contributed by atoms with Crippen LogP contribution in [0.15, 0.2) is 193 Å². The second kappa shape index (κ2) is 18.2. The molecular formula is C59H46N4O. The number of hydrogen-bond donors (Lipinski definition) is 0. The van der Waals surface area contributed by atoms with E-state index in [1.807, 2.05) is 6.07 Å². The van der Waals surface area contributed by atoms with Crippen LogP contribution in [0.3, 0.4) is 0 Å². The summed E-state index contributed by atoms with van der Waals surface area (Å²) in [7, 11) is 0. The number of nitriles is 1. The molecule has 0 atom stereocenters. The van der Waals surface area contributed by atoms with Crippen LogP contribution in [0.25, 0.3) is 66.8 Å². The Hall–Kier alpha value is -7.94. The summed E-state index contributed by atoms with van der Waals surface area (Å²) >= 11 is 0. The zero-order valence-electron chi connectivity index (χ0n) is 53.7. The molecule has 0 fully saturated rings. The van der Waals surface area contributed by atoms with Crippen molar-refractivity contribution in [3.8, 4) is 51.0 Å². The van der Waals surface area contributed by atoms with Crippen molar-refractivity contribution >= 4 is 21.9 Å². The first-order chi connectivity index (χ1) is 39.4. The Morgan fingerprint density at radius 1 is 0.516 bits per heavy atom. The van der Waals surface area contributed by atoms with Gasteiger partial charge in [-0.2, -0.15) is 5.26 Å². The number of benzene rings is 6. The molecule has 10 rings (SSSR count). The molecule has 0 saturated heterocycles. The van der Waals surface area contributed by atoms with Gasteiger partial charge in [0, 0.05) is 72.2 Å². The van der Waals surface area contributed by atoms with E-state index >= 15 is 0 Å². The van der Waals surface area contributed by atoms with Crippen molar-refractivity contribution in [2.24, 2.45) is 0 Å². The second-order valence-corrected chi connectivity index (χ2v) is 14.5. The third-order valence-corrected chi connectivity index (χ3v) is 10.4. The molecule has 0 spiro atoms. The molecule has 308 valence electrons. The summed E-state index contributed by atoms with van der Waals surface area (Å²) in [6.07, 6.45) is -16.5. The Labute approximate surface area is 402 Å². The van der Waals surface area contributed by atoms with E-state index in [1.165, 1.54) is 42.5 Å². The first-order valence-electron chi connectivity index (χ1n) is 30.1. The van der Waals surface area contributed by atoms with E-state index in [4.69, 9.17) is 15.4 Å². The fraction of sp³-hybridized carbons (Fsp3) is 0.119. The predicted molar refractivity (Wildman–Crippen MR) is 260 cm³/mol.